The highest BCUT2D eigenvalue weighted by Crippen LogP contribution is 2.43. The van der Waals surface area contributed by atoms with Crippen LogP contribution in [0.15, 0.2) is 60.7 Å². The van der Waals surface area contributed by atoms with E-state index in [1.54, 1.807) is 18.2 Å². The lowest BCUT2D eigenvalue weighted by Crippen LogP contribution is -2.54. The molecular formula is C29H29FN2O3S. The van der Waals surface area contributed by atoms with Gasteiger partial charge in [-0.15, -0.1) is 11.3 Å². The van der Waals surface area contributed by atoms with Crippen LogP contribution in [-0.2, 0) is 0 Å². The van der Waals surface area contributed by atoms with Crippen LogP contribution in [0.3, 0.4) is 0 Å². The van der Waals surface area contributed by atoms with Crippen molar-refractivity contribution in [1.82, 2.24) is 4.90 Å². The number of nitrogens with one attached hydrogen (secondary N) is 1. The van der Waals surface area contributed by atoms with Crippen molar-refractivity contribution < 1.29 is 19.0 Å². The number of halogens is 1. The lowest BCUT2D eigenvalue weighted by molar-refractivity contribution is 0.104. The van der Waals surface area contributed by atoms with Crippen LogP contribution in [0.1, 0.15) is 32.8 Å². The molecule has 0 bridgehead atoms. The van der Waals surface area contributed by atoms with Crippen molar-refractivity contribution in [3.05, 3.63) is 82.2 Å². The molecule has 0 aliphatic carbocycles. The van der Waals surface area contributed by atoms with Crippen LogP contribution < -0.4 is 10.1 Å². The zero-order valence-electron chi connectivity index (χ0n) is 20.4. The van der Waals surface area contributed by atoms with Gasteiger partial charge in [0.1, 0.15) is 16.4 Å². The summed E-state index contributed by atoms with van der Waals surface area (Å²) in [5.41, 5.74) is 3.65. The topological polar surface area (TPSA) is 61.8 Å². The van der Waals surface area contributed by atoms with E-state index in [0.29, 0.717) is 34.4 Å². The average molecular weight is 505 g/mol. The number of hydrogen-bond acceptors (Lipinski definition) is 6. The number of fused-ring (bicyclic) bond motifs is 1. The zero-order valence-corrected chi connectivity index (χ0v) is 21.2. The SMILES string of the molecule is Cc1ccc(C(=O)c2sc3cc(O)ccc3c2Oc2ccc(NC3CN(CCCF)C3)cc2)c(C)c1. The molecule has 0 saturated carbocycles. The number of likely N-dealkylation sites (tertiary alicyclic amines) is 1. The van der Waals surface area contributed by atoms with Crippen LogP contribution in [0.25, 0.3) is 10.1 Å². The summed E-state index contributed by atoms with van der Waals surface area (Å²) >= 11 is 1.33. The molecule has 0 amide bonds. The summed E-state index contributed by atoms with van der Waals surface area (Å²) in [6, 6.07) is 18.9. The quantitative estimate of drug-likeness (QED) is 0.248. The molecule has 7 heteroatoms. The fourth-order valence-electron chi connectivity index (χ4n) is 4.60. The van der Waals surface area contributed by atoms with Gasteiger partial charge >= 0.3 is 0 Å². The molecule has 1 fully saturated rings. The molecule has 2 heterocycles. The Morgan fingerprint density at radius 1 is 1.11 bits per heavy atom. The van der Waals surface area contributed by atoms with Crippen LogP contribution in [0, 0.1) is 13.8 Å². The van der Waals surface area contributed by atoms with Gasteiger partial charge in [0.05, 0.1) is 12.7 Å². The van der Waals surface area contributed by atoms with Gasteiger partial charge < -0.3 is 15.2 Å². The van der Waals surface area contributed by atoms with Gasteiger partial charge in [0.25, 0.3) is 0 Å². The highest BCUT2D eigenvalue weighted by molar-refractivity contribution is 7.21. The lowest BCUT2D eigenvalue weighted by atomic mass is 10.0. The molecule has 0 unspecified atom stereocenters. The molecule has 36 heavy (non-hydrogen) atoms. The zero-order chi connectivity index (χ0) is 25.2. The predicted molar refractivity (Wildman–Crippen MR) is 144 cm³/mol. The molecule has 0 radical (unpaired) electrons. The van der Waals surface area contributed by atoms with E-state index >= 15 is 0 Å². The molecule has 3 aromatic carbocycles. The summed E-state index contributed by atoms with van der Waals surface area (Å²) in [6.07, 6.45) is 0.587. The fourth-order valence-corrected chi connectivity index (χ4v) is 5.72. The van der Waals surface area contributed by atoms with Crippen LogP contribution in [0.5, 0.6) is 17.2 Å². The Hall–Kier alpha value is -3.42. The van der Waals surface area contributed by atoms with E-state index in [4.69, 9.17) is 4.74 Å². The number of ketones is 1. The maximum atomic E-state index is 13.6. The second kappa shape index (κ2) is 10.3. The number of rotatable bonds is 9. The third-order valence-corrected chi connectivity index (χ3v) is 7.60. The lowest BCUT2D eigenvalue weighted by Gasteiger charge is -2.40. The van der Waals surface area contributed by atoms with Gasteiger partial charge in [0.15, 0.2) is 5.75 Å². The Bertz CT molecular complexity index is 1390. The summed E-state index contributed by atoms with van der Waals surface area (Å²) in [4.78, 5) is 16.3. The van der Waals surface area contributed by atoms with Crippen molar-refractivity contribution in [2.24, 2.45) is 0 Å². The summed E-state index contributed by atoms with van der Waals surface area (Å²) in [7, 11) is 0. The number of aryl methyl sites for hydroxylation is 2. The number of phenols is 1. The molecule has 186 valence electrons. The van der Waals surface area contributed by atoms with Gasteiger partial charge in [0.2, 0.25) is 5.78 Å². The first-order valence-corrected chi connectivity index (χ1v) is 12.9. The molecule has 1 aliphatic heterocycles. The Balaban J connectivity index is 1.37. The molecule has 2 N–H and O–H groups in total. The van der Waals surface area contributed by atoms with Crippen LogP contribution in [0.4, 0.5) is 10.1 Å². The maximum absolute atomic E-state index is 13.6. The minimum Gasteiger partial charge on any atom is -0.508 e. The predicted octanol–water partition coefficient (Wildman–Crippen LogP) is 6.70. The molecule has 0 atom stereocenters. The van der Waals surface area contributed by atoms with Gasteiger partial charge in [-0.05, 0) is 68.3 Å². The molecule has 4 aromatic rings. The van der Waals surface area contributed by atoms with E-state index in [9.17, 15) is 14.3 Å². The second-order valence-electron chi connectivity index (χ2n) is 9.36. The molecule has 1 saturated heterocycles. The number of thiophene rings is 1. The van der Waals surface area contributed by atoms with E-state index in [1.165, 1.54) is 11.3 Å². The number of carbonyl (C=O) groups is 1. The highest BCUT2D eigenvalue weighted by Gasteiger charge is 2.26. The number of aromatic hydroxyl groups is 1. The Morgan fingerprint density at radius 2 is 1.89 bits per heavy atom. The number of ether oxygens (including phenoxy) is 1. The van der Waals surface area contributed by atoms with Crippen molar-refractivity contribution in [1.29, 1.82) is 0 Å². The monoisotopic (exact) mass is 504 g/mol. The number of alkyl halides is 1. The standard InChI is InChI=1S/C29H29FN2O3S/c1-18-4-10-24(19(2)14-18)27(34)29-28(25-11-7-22(33)15-26(25)36-29)35-23-8-5-20(6-9-23)31-21-16-32(17-21)13-3-12-30/h4-11,14-15,21,31,33H,3,12-13,16-17H2,1-2H3. The minimum absolute atomic E-state index is 0.0937. The molecule has 1 aliphatic rings. The van der Waals surface area contributed by atoms with E-state index in [0.717, 1.165) is 46.5 Å². The molecule has 5 nitrogen and oxygen atoms in total. The third kappa shape index (κ3) is 5.08. The first-order chi connectivity index (χ1) is 17.4. The van der Waals surface area contributed by atoms with Crippen molar-refractivity contribution in [2.45, 2.75) is 26.3 Å². The summed E-state index contributed by atoms with van der Waals surface area (Å²) in [6.45, 7) is 6.30. The van der Waals surface area contributed by atoms with Crippen molar-refractivity contribution in [3.63, 3.8) is 0 Å². The number of hydrogen-bond donors (Lipinski definition) is 2. The van der Waals surface area contributed by atoms with E-state index in [-0.39, 0.29) is 18.2 Å². The smallest absolute Gasteiger partial charge is 0.207 e. The average Bonchev–Trinajstić information content (AvgIpc) is 3.18. The second-order valence-corrected chi connectivity index (χ2v) is 10.4. The van der Waals surface area contributed by atoms with Gasteiger partial charge in [-0.1, -0.05) is 23.8 Å². The van der Waals surface area contributed by atoms with Gasteiger partial charge in [-0.25, -0.2) is 0 Å². The van der Waals surface area contributed by atoms with Gasteiger partial charge in [-0.2, -0.15) is 0 Å². The first kappa shape index (κ1) is 24.3. The normalized spacial score (nSPS) is 14.1. The van der Waals surface area contributed by atoms with Crippen LogP contribution >= 0.6 is 11.3 Å². The first-order valence-electron chi connectivity index (χ1n) is 12.1. The minimum atomic E-state index is -0.269. The molecule has 0 spiro atoms. The largest absolute Gasteiger partial charge is 0.508 e. The summed E-state index contributed by atoms with van der Waals surface area (Å²) in [5, 5.41) is 14.3. The van der Waals surface area contributed by atoms with E-state index < -0.39 is 0 Å². The van der Waals surface area contributed by atoms with Crippen molar-refractivity contribution in [3.8, 4) is 17.2 Å². The Morgan fingerprint density at radius 3 is 2.61 bits per heavy atom. The van der Waals surface area contributed by atoms with E-state index in [2.05, 4.69) is 10.2 Å². The third-order valence-electron chi connectivity index (χ3n) is 6.47. The molecule has 1 aromatic heterocycles. The van der Waals surface area contributed by atoms with Crippen LogP contribution in [0.2, 0.25) is 0 Å². The Labute approximate surface area is 214 Å². The maximum Gasteiger partial charge on any atom is 0.207 e. The molecular weight excluding hydrogens is 475 g/mol. The summed E-state index contributed by atoms with van der Waals surface area (Å²) < 4.78 is 19.4. The number of carbonyl (C=O) groups excluding carboxylic acids is 1. The molecule has 5 rings (SSSR count). The van der Waals surface area contributed by atoms with Gasteiger partial charge in [0, 0.05) is 41.0 Å². The number of phenolic OH excluding ortho intramolecular Hbond substituents is 1. The summed E-state index contributed by atoms with van der Waals surface area (Å²) in [5.74, 6) is 1.18. The van der Waals surface area contributed by atoms with E-state index in [1.807, 2.05) is 56.3 Å². The fraction of sp³-hybridized carbons (Fsp3) is 0.276. The number of benzene rings is 3. The van der Waals surface area contributed by atoms with Crippen molar-refractivity contribution in [2.75, 3.05) is 31.6 Å². The van der Waals surface area contributed by atoms with Crippen molar-refractivity contribution >= 4 is 32.9 Å². The van der Waals surface area contributed by atoms with Crippen LogP contribution in [-0.4, -0.2) is 48.1 Å². The highest BCUT2D eigenvalue weighted by atomic mass is 32.1. The van der Waals surface area contributed by atoms with Gasteiger partial charge in [-0.3, -0.25) is 14.1 Å². The Kier molecular flexibility index (Phi) is 6.94. The number of nitrogens with zero attached hydrogens (tertiary/aromatic N) is 1. The number of anilines is 1.